The zero-order valence-electron chi connectivity index (χ0n) is 9.61. The molecule has 0 aliphatic carbocycles. The molecule has 2 heterocycles. The number of carboxylic acid groups (broad SMARTS) is 1. The van der Waals surface area contributed by atoms with Crippen LogP contribution in [0.2, 0.25) is 0 Å². The molecule has 1 saturated heterocycles. The van der Waals surface area contributed by atoms with Gasteiger partial charge in [0.25, 0.3) is 0 Å². The Morgan fingerprint density at radius 2 is 2.33 bits per heavy atom. The van der Waals surface area contributed by atoms with Gasteiger partial charge >= 0.3 is 5.97 Å². The average Bonchev–Trinajstić information content (AvgIpc) is 2.82. The number of hydrogen-bond acceptors (Lipinski definition) is 5. The van der Waals surface area contributed by atoms with Crippen LogP contribution in [-0.4, -0.2) is 51.1 Å². The SMILES string of the molecule is NC1CC(=O)N(c2c(C(=O)O)cnn2CCO)C1. The number of aromatic nitrogens is 2. The van der Waals surface area contributed by atoms with E-state index in [2.05, 4.69) is 5.10 Å². The van der Waals surface area contributed by atoms with E-state index >= 15 is 0 Å². The van der Waals surface area contributed by atoms with E-state index in [0.717, 1.165) is 0 Å². The van der Waals surface area contributed by atoms with Gasteiger partial charge in [-0.25, -0.2) is 9.48 Å². The molecule has 1 aliphatic rings. The summed E-state index contributed by atoms with van der Waals surface area (Å²) >= 11 is 0. The number of rotatable bonds is 4. The topological polar surface area (TPSA) is 122 Å². The summed E-state index contributed by atoms with van der Waals surface area (Å²) < 4.78 is 1.30. The molecule has 1 aromatic heterocycles. The summed E-state index contributed by atoms with van der Waals surface area (Å²) in [6.07, 6.45) is 1.35. The van der Waals surface area contributed by atoms with Crippen LogP contribution in [0, 0.1) is 0 Å². The largest absolute Gasteiger partial charge is 0.477 e. The lowest BCUT2D eigenvalue weighted by atomic mass is 10.3. The third-order valence-corrected chi connectivity index (χ3v) is 2.76. The first-order chi connectivity index (χ1) is 8.54. The number of carbonyl (C=O) groups is 2. The molecular weight excluding hydrogens is 240 g/mol. The van der Waals surface area contributed by atoms with Gasteiger partial charge in [-0.1, -0.05) is 0 Å². The lowest BCUT2D eigenvalue weighted by molar-refractivity contribution is -0.117. The zero-order valence-corrected chi connectivity index (χ0v) is 9.61. The van der Waals surface area contributed by atoms with E-state index in [-0.39, 0.29) is 49.4 Å². The molecule has 1 amide bonds. The highest BCUT2D eigenvalue weighted by Crippen LogP contribution is 2.25. The minimum Gasteiger partial charge on any atom is -0.477 e. The fraction of sp³-hybridized carbons (Fsp3) is 0.500. The van der Waals surface area contributed by atoms with Gasteiger partial charge in [0.2, 0.25) is 5.91 Å². The second-order valence-corrected chi connectivity index (χ2v) is 4.10. The maximum Gasteiger partial charge on any atom is 0.341 e. The van der Waals surface area contributed by atoms with E-state index in [1.54, 1.807) is 0 Å². The number of nitrogens with zero attached hydrogens (tertiary/aromatic N) is 3. The van der Waals surface area contributed by atoms with Crippen LogP contribution in [0.25, 0.3) is 0 Å². The fourth-order valence-corrected chi connectivity index (χ4v) is 2.01. The molecule has 18 heavy (non-hydrogen) atoms. The number of carboxylic acids is 1. The Morgan fingerprint density at radius 1 is 1.61 bits per heavy atom. The summed E-state index contributed by atoms with van der Waals surface area (Å²) in [7, 11) is 0. The predicted octanol–water partition coefficient (Wildman–Crippen LogP) is -1.36. The standard InChI is InChI=1S/C10H14N4O4/c11-6-3-8(16)13(5-6)9-7(10(17)18)4-12-14(9)1-2-15/h4,6,15H,1-3,5,11H2,(H,17,18). The normalized spacial score (nSPS) is 19.6. The van der Waals surface area contributed by atoms with Crippen LogP contribution in [0.1, 0.15) is 16.8 Å². The number of aliphatic hydroxyl groups excluding tert-OH is 1. The monoisotopic (exact) mass is 254 g/mol. The van der Waals surface area contributed by atoms with Gasteiger partial charge < -0.3 is 15.9 Å². The van der Waals surface area contributed by atoms with Crippen LogP contribution < -0.4 is 10.6 Å². The van der Waals surface area contributed by atoms with E-state index in [4.69, 9.17) is 15.9 Å². The molecule has 1 aliphatic heterocycles. The second kappa shape index (κ2) is 4.75. The molecule has 0 saturated carbocycles. The molecule has 2 rings (SSSR count). The molecular formula is C10H14N4O4. The molecule has 98 valence electrons. The first-order valence-electron chi connectivity index (χ1n) is 5.50. The van der Waals surface area contributed by atoms with Gasteiger partial charge in [-0.3, -0.25) is 9.69 Å². The summed E-state index contributed by atoms with van der Waals surface area (Å²) in [5, 5.41) is 21.9. The summed E-state index contributed by atoms with van der Waals surface area (Å²) in [5.74, 6) is -1.21. The minimum atomic E-state index is -1.16. The van der Waals surface area contributed by atoms with Crippen LogP contribution in [0.4, 0.5) is 5.82 Å². The van der Waals surface area contributed by atoms with Crippen LogP contribution >= 0.6 is 0 Å². The lowest BCUT2D eigenvalue weighted by Crippen LogP contribution is -2.31. The summed E-state index contributed by atoms with van der Waals surface area (Å²) in [4.78, 5) is 24.2. The van der Waals surface area contributed by atoms with Gasteiger partial charge in [0, 0.05) is 19.0 Å². The molecule has 0 bridgehead atoms. The van der Waals surface area contributed by atoms with Crippen molar-refractivity contribution >= 4 is 17.7 Å². The number of aliphatic hydroxyl groups is 1. The minimum absolute atomic E-state index is 0.0640. The first-order valence-corrected chi connectivity index (χ1v) is 5.50. The maximum absolute atomic E-state index is 11.8. The number of nitrogens with two attached hydrogens (primary N) is 1. The molecule has 1 aromatic rings. The van der Waals surface area contributed by atoms with Crippen molar-refractivity contribution in [1.29, 1.82) is 0 Å². The highest BCUT2D eigenvalue weighted by Gasteiger charge is 2.33. The average molecular weight is 254 g/mol. The summed E-state index contributed by atoms with van der Waals surface area (Å²) in [6.45, 7) is 0.194. The number of anilines is 1. The van der Waals surface area contributed by atoms with E-state index in [9.17, 15) is 9.59 Å². The Bertz CT molecular complexity index is 484. The summed E-state index contributed by atoms with van der Waals surface area (Å²) in [5.41, 5.74) is 5.62. The van der Waals surface area contributed by atoms with E-state index in [1.807, 2.05) is 0 Å². The van der Waals surface area contributed by atoms with Gasteiger partial charge in [-0.2, -0.15) is 5.10 Å². The lowest BCUT2D eigenvalue weighted by Gasteiger charge is -2.18. The molecule has 1 unspecified atom stereocenters. The molecule has 8 heteroatoms. The van der Waals surface area contributed by atoms with Crippen LogP contribution in [0.5, 0.6) is 0 Å². The molecule has 0 aromatic carbocycles. The Labute approximate surface area is 103 Å². The molecule has 0 radical (unpaired) electrons. The quantitative estimate of drug-likeness (QED) is 0.610. The second-order valence-electron chi connectivity index (χ2n) is 4.10. The Morgan fingerprint density at radius 3 is 2.83 bits per heavy atom. The molecule has 1 fully saturated rings. The van der Waals surface area contributed by atoms with Crippen molar-refractivity contribution in [3.63, 3.8) is 0 Å². The van der Waals surface area contributed by atoms with Crippen LogP contribution in [0.15, 0.2) is 6.20 Å². The van der Waals surface area contributed by atoms with Crippen molar-refractivity contribution in [2.75, 3.05) is 18.1 Å². The first kappa shape index (κ1) is 12.5. The smallest absolute Gasteiger partial charge is 0.341 e. The third-order valence-electron chi connectivity index (χ3n) is 2.76. The van der Waals surface area contributed by atoms with Crippen molar-refractivity contribution < 1.29 is 19.8 Å². The van der Waals surface area contributed by atoms with Crippen LogP contribution in [0.3, 0.4) is 0 Å². The van der Waals surface area contributed by atoms with Crippen LogP contribution in [-0.2, 0) is 11.3 Å². The van der Waals surface area contributed by atoms with Crippen molar-refractivity contribution in [2.24, 2.45) is 5.73 Å². The van der Waals surface area contributed by atoms with E-state index in [0.29, 0.717) is 0 Å². The highest BCUT2D eigenvalue weighted by molar-refractivity contribution is 6.02. The number of hydrogen-bond donors (Lipinski definition) is 3. The Hall–Kier alpha value is -1.93. The molecule has 1 atom stereocenters. The fourth-order valence-electron chi connectivity index (χ4n) is 2.01. The van der Waals surface area contributed by atoms with E-state index in [1.165, 1.54) is 15.8 Å². The summed E-state index contributed by atoms with van der Waals surface area (Å²) in [6, 6.07) is -0.309. The zero-order chi connectivity index (χ0) is 13.3. The highest BCUT2D eigenvalue weighted by atomic mass is 16.4. The van der Waals surface area contributed by atoms with E-state index < -0.39 is 5.97 Å². The maximum atomic E-state index is 11.8. The molecule has 8 nitrogen and oxygen atoms in total. The third kappa shape index (κ3) is 2.07. The van der Waals surface area contributed by atoms with Crippen molar-refractivity contribution in [1.82, 2.24) is 9.78 Å². The van der Waals surface area contributed by atoms with Gasteiger partial charge in [0.15, 0.2) is 0 Å². The predicted molar refractivity (Wildman–Crippen MR) is 61.2 cm³/mol. The molecule has 0 spiro atoms. The number of amides is 1. The Kier molecular flexibility index (Phi) is 3.30. The number of carbonyl (C=O) groups excluding carboxylic acids is 1. The van der Waals surface area contributed by atoms with Gasteiger partial charge in [-0.05, 0) is 0 Å². The number of aromatic carboxylic acids is 1. The van der Waals surface area contributed by atoms with Crippen molar-refractivity contribution in [3.05, 3.63) is 11.8 Å². The van der Waals surface area contributed by atoms with Crippen molar-refractivity contribution in [2.45, 2.75) is 19.0 Å². The van der Waals surface area contributed by atoms with Crippen molar-refractivity contribution in [3.8, 4) is 0 Å². The molecule has 4 N–H and O–H groups in total. The Balaban J connectivity index is 2.43. The van der Waals surface area contributed by atoms with Gasteiger partial charge in [-0.15, -0.1) is 0 Å². The van der Waals surface area contributed by atoms with Gasteiger partial charge in [0.05, 0.1) is 19.3 Å². The van der Waals surface area contributed by atoms with Gasteiger partial charge in [0.1, 0.15) is 11.4 Å².